The number of nitrogens with one attached hydrogen (secondary N) is 2. The quantitative estimate of drug-likeness (QED) is 0.476. The van der Waals surface area contributed by atoms with Gasteiger partial charge in [0.2, 0.25) is 0 Å². The van der Waals surface area contributed by atoms with E-state index in [4.69, 9.17) is 15.2 Å². The van der Waals surface area contributed by atoms with Gasteiger partial charge < -0.3 is 25.8 Å². The number of hydrogen-bond donors (Lipinski definition) is 3. The molecule has 184 valence electrons. The molecule has 3 aromatic rings. The molecule has 5 rings (SSSR count). The Hall–Kier alpha value is -3.23. The summed E-state index contributed by atoms with van der Waals surface area (Å²) in [4.78, 5) is 15.8. The van der Waals surface area contributed by atoms with E-state index in [2.05, 4.69) is 15.6 Å². The van der Waals surface area contributed by atoms with Crippen molar-refractivity contribution in [1.82, 2.24) is 10.3 Å². The van der Waals surface area contributed by atoms with E-state index in [1.165, 1.54) is 6.20 Å². The summed E-state index contributed by atoms with van der Waals surface area (Å²) >= 11 is 0. The summed E-state index contributed by atoms with van der Waals surface area (Å²) in [5, 5.41) is 7.25. The van der Waals surface area contributed by atoms with Crippen LogP contribution >= 0.6 is 0 Å². The first kappa shape index (κ1) is 23.5. The second-order valence-corrected chi connectivity index (χ2v) is 9.50. The van der Waals surface area contributed by atoms with Gasteiger partial charge in [0, 0.05) is 29.6 Å². The average Bonchev–Trinajstić information content (AvgIpc) is 2.88. The number of nitrogens with two attached hydrogens (primary N) is 1. The molecular formula is C27H31FN4O3. The molecule has 0 saturated heterocycles. The van der Waals surface area contributed by atoms with Crippen molar-refractivity contribution in [3.63, 3.8) is 0 Å². The number of carbonyl (C=O) groups excluding carboxylic acids is 1. The molecule has 0 bridgehead atoms. The zero-order valence-electron chi connectivity index (χ0n) is 19.9. The summed E-state index contributed by atoms with van der Waals surface area (Å²) in [5.74, 6) is 1.29. The molecule has 1 fully saturated rings. The fourth-order valence-corrected chi connectivity index (χ4v) is 5.19. The van der Waals surface area contributed by atoms with Crippen LogP contribution < -0.4 is 25.8 Å². The summed E-state index contributed by atoms with van der Waals surface area (Å²) in [7, 11) is 1.60. The lowest BCUT2D eigenvalue weighted by Gasteiger charge is -2.33. The molecule has 1 amide bonds. The molecule has 35 heavy (non-hydrogen) atoms. The summed E-state index contributed by atoms with van der Waals surface area (Å²) in [6.07, 6.45) is 5.81. The fourth-order valence-electron chi connectivity index (χ4n) is 5.19. The van der Waals surface area contributed by atoms with Crippen LogP contribution in [0.5, 0.6) is 11.5 Å². The van der Waals surface area contributed by atoms with Gasteiger partial charge in [-0.15, -0.1) is 0 Å². The van der Waals surface area contributed by atoms with E-state index in [1.54, 1.807) is 7.11 Å². The second kappa shape index (κ2) is 10.2. The fraction of sp³-hybridized carbons (Fsp3) is 0.407. The second-order valence-electron chi connectivity index (χ2n) is 9.50. The van der Waals surface area contributed by atoms with Crippen molar-refractivity contribution < 1.29 is 18.7 Å². The van der Waals surface area contributed by atoms with Gasteiger partial charge in [-0.1, -0.05) is 6.07 Å². The molecular weight excluding hydrogens is 447 g/mol. The average molecular weight is 479 g/mol. The van der Waals surface area contributed by atoms with Crippen LogP contribution in [0.4, 0.5) is 10.1 Å². The van der Waals surface area contributed by atoms with Crippen molar-refractivity contribution in [1.29, 1.82) is 0 Å². The summed E-state index contributed by atoms with van der Waals surface area (Å²) in [5.41, 5.74) is 9.80. The molecule has 1 saturated carbocycles. The maximum absolute atomic E-state index is 14.7. The van der Waals surface area contributed by atoms with Crippen LogP contribution in [0.15, 0.2) is 42.6 Å². The van der Waals surface area contributed by atoms with E-state index in [1.807, 2.05) is 36.4 Å². The largest absolute Gasteiger partial charge is 0.497 e. The number of methoxy groups -OCH3 is 1. The summed E-state index contributed by atoms with van der Waals surface area (Å²) in [6.45, 7) is 0.786. The first-order valence-corrected chi connectivity index (χ1v) is 12.2. The molecule has 1 unspecified atom stereocenters. The van der Waals surface area contributed by atoms with Gasteiger partial charge in [0.1, 0.15) is 17.3 Å². The van der Waals surface area contributed by atoms with Crippen LogP contribution in [0.25, 0.3) is 10.9 Å². The molecule has 2 aliphatic rings. The van der Waals surface area contributed by atoms with Crippen LogP contribution in [0, 0.1) is 11.7 Å². The number of rotatable bonds is 7. The van der Waals surface area contributed by atoms with Crippen molar-refractivity contribution in [3.8, 4) is 11.5 Å². The maximum Gasteiger partial charge on any atom is 0.262 e. The van der Waals surface area contributed by atoms with Gasteiger partial charge >= 0.3 is 0 Å². The first-order chi connectivity index (χ1) is 17.0. The molecule has 7 nitrogen and oxygen atoms in total. The van der Waals surface area contributed by atoms with Crippen LogP contribution in [0.2, 0.25) is 0 Å². The lowest BCUT2D eigenvalue weighted by Crippen LogP contribution is -2.39. The van der Waals surface area contributed by atoms with Crippen molar-refractivity contribution in [2.24, 2.45) is 11.7 Å². The highest BCUT2D eigenvalue weighted by molar-refractivity contribution is 5.95. The number of hydrogen-bond acceptors (Lipinski definition) is 6. The number of carbonyl (C=O) groups is 1. The number of ether oxygens (including phenoxy) is 2. The molecule has 1 aliphatic heterocycles. The Morgan fingerprint density at radius 1 is 1.23 bits per heavy atom. The lowest BCUT2D eigenvalue weighted by atomic mass is 9.79. The number of pyridine rings is 1. The predicted molar refractivity (Wildman–Crippen MR) is 133 cm³/mol. The SMILES string of the molecule is COc1ccc2ncc(F)c(CC(N)[C@H]3CC[C@H](NCc4ccc5c(c4)NC(=O)CO5)CC3)c2c1. The molecule has 2 heterocycles. The predicted octanol–water partition coefficient (Wildman–Crippen LogP) is 3.93. The van der Waals surface area contributed by atoms with Gasteiger partial charge in [-0.05, 0) is 73.9 Å². The third-order valence-electron chi connectivity index (χ3n) is 7.22. The number of benzene rings is 2. The van der Waals surface area contributed by atoms with E-state index in [0.29, 0.717) is 35.4 Å². The highest BCUT2D eigenvalue weighted by Gasteiger charge is 2.27. The van der Waals surface area contributed by atoms with Crippen molar-refractivity contribution in [2.75, 3.05) is 19.0 Å². The van der Waals surface area contributed by atoms with E-state index < -0.39 is 0 Å². The molecule has 0 spiro atoms. The normalized spacial score (nSPS) is 20.6. The molecule has 1 aliphatic carbocycles. The number of nitrogens with zero attached hydrogens (tertiary/aromatic N) is 1. The standard InChI is InChI=1S/C27H31FN4O3/c1-34-19-7-8-24-21(11-19)20(22(28)14-31-24)12-23(29)17-3-5-18(6-4-17)30-13-16-2-9-26-25(10-16)32-27(33)15-35-26/h2,7-11,14,17-18,23,30H,3-6,12-13,15,29H2,1H3,(H,32,33)/t17-,18-,23?. The van der Waals surface area contributed by atoms with Gasteiger partial charge in [-0.3, -0.25) is 9.78 Å². The molecule has 4 N–H and O–H groups in total. The third-order valence-corrected chi connectivity index (χ3v) is 7.22. The Morgan fingerprint density at radius 2 is 2.06 bits per heavy atom. The van der Waals surface area contributed by atoms with Crippen LogP contribution in [0.3, 0.4) is 0 Å². The number of aromatic nitrogens is 1. The van der Waals surface area contributed by atoms with Gasteiger partial charge in [-0.2, -0.15) is 0 Å². The number of fused-ring (bicyclic) bond motifs is 2. The highest BCUT2D eigenvalue weighted by Crippen LogP contribution is 2.32. The Morgan fingerprint density at radius 3 is 2.86 bits per heavy atom. The Bertz CT molecular complexity index is 1230. The molecule has 8 heteroatoms. The topological polar surface area (TPSA) is 98.5 Å². The van der Waals surface area contributed by atoms with E-state index in [-0.39, 0.29) is 24.4 Å². The van der Waals surface area contributed by atoms with Crippen LogP contribution in [-0.4, -0.2) is 36.7 Å². The smallest absolute Gasteiger partial charge is 0.262 e. The summed E-state index contributed by atoms with van der Waals surface area (Å²) in [6, 6.07) is 11.7. The summed E-state index contributed by atoms with van der Waals surface area (Å²) < 4.78 is 25.5. The van der Waals surface area contributed by atoms with Gasteiger partial charge in [0.05, 0.1) is 24.5 Å². The minimum absolute atomic E-state index is 0.0637. The van der Waals surface area contributed by atoms with Gasteiger partial charge in [0.25, 0.3) is 5.91 Å². The number of anilines is 1. The Labute approximate surface area is 204 Å². The Kier molecular flexibility index (Phi) is 6.83. The maximum atomic E-state index is 14.7. The van der Waals surface area contributed by atoms with E-state index in [0.717, 1.165) is 54.4 Å². The van der Waals surface area contributed by atoms with E-state index >= 15 is 0 Å². The van der Waals surface area contributed by atoms with Crippen LogP contribution in [-0.2, 0) is 17.8 Å². The van der Waals surface area contributed by atoms with Crippen molar-refractivity contribution in [3.05, 3.63) is 59.5 Å². The van der Waals surface area contributed by atoms with E-state index in [9.17, 15) is 9.18 Å². The van der Waals surface area contributed by atoms with Gasteiger partial charge in [-0.25, -0.2) is 4.39 Å². The number of halogens is 1. The van der Waals surface area contributed by atoms with Gasteiger partial charge in [0.15, 0.2) is 6.61 Å². The molecule has 2 aromatic carbocycles. The lowest BCUT2D eigenvalue weighted by molar-refractivity contribution is -0.118. The monoisotopic (exact) mass is 478 g/mol. The minimum Gasteiger partial charge on any atom is -0.497 e. The van der Waals surface area contributed by atoms with Crippen molar-refractivity contribution in [2.45, 2.75) is 50.7 Å². The van der Waals surface area contributed by atoms with Crippen molar-refractivity contribution >= 4 is 22.5 Å². The highest BCUT2D eigenvalue weighted by atomic mass is 19.1. The first-order valence-electron chi connectivity index (χ1n) is 12.2. The Balaban J connectivity index is 1.16. The molecule has 1 aromatic heterocycles. The third kappa shape index (κ3) is 5.23. The molecule has 0 radical (unpaired) electrons. The minimum atomic E-state index is -0.316. The number of amides is 1. The van der Waals surface area contributed by atoms with Crippen LogP contribution in [0.1, 0.15) is 36.8 Å². The zero-order chi connectivity index (χ0) is 24.4. The molecule has 1 atom stereocenters. The zero-order valence-corrected chi connectivity index (χ0v) is 19.9.